The fourth-order valence-electron chi connectivity index (χ4n) is 2.33. The molecule has 0 aliphatic heterocycles. The van der Waals surface area contributed by atoms with Crippen LogP contribution in [0.2, 0.25) is 0 Å². The normalized spacial score (nSPS) is 17.4. The van der Waals surface area contributed by atoms with E-state index < -0.39 is 0 Å². The molecule has 3 heteroatoms. The number of nitrogens with one attached hydrogen (secondary N) is 1. The van der Waals surface area contributed by atoms with Crippen LogP contribution < -0.4 is 5.32 Å². The Morgan fingerprint density at radius 1 is 1.47 bits per heavy atom. The molecular weight excluding hydrogens is 188 g/mol. The lowest BCUT2D eigenvalue weighted by Crippen LogP contribution is -2.14. The summed E-state index contributed by atoms with van der Waals surface area (Å²) < 4.78 is 5.39. The zero-order valence-corrected chi connectivity index (χ0v) is 9.46. The van der Waals surface area contributed by atoms with Crippen molar-refractivity contribution < 1.29 is 4.52 Å². The van der Waals surface area contributed by atoms with Gasteiger partial charge in [-0.2, -0.15) is 0 Å². The highest BCUT2D eigenvalue weighted by Crippen LogP contribution is 2.35. The van der Waals surface area contributed by atoms with Crippen LogP contribution in [0.5, 0.6) is 0 Å². The summed E-state index contributed by atoms with van der Waals surface area (Å²) in [5, 5.41) is 7.33. The van der Waals surface area contributed by atoms with E-state index in [0.717, 1.165) is 18.8 Å². The van der Waals surface area contributed by atoms with Crippen molar-refractivity contribution in [3.05, 3.63) is 17.5 Å². The van der Waals surface area contributed by atoms with E-state index in [4.69, 9.17) is 4.52 Å². The lowest BCUT2D eigenvalue weighted by molar-refractivity contribution is 0.358. The van der Waals surface area contributed by atoms with Crippen LogP contribution in [-0.2, 0) is 6.54 Å². The van der Waals surface area contributed by atoms with Crippen LogP contribution in [0.4, 0.5) is 0 Å². The molecule has 0 radical (unpaired) electrons. The summed E-state index contributed by atoms with van der Waals surface area (Å²) in [4.78, 5) is 0. The van der Waals surface area contributed by atoms with Crippen molar-refractivity contribution in [3.63, 3.8) is 0 Å². The van der Waals surface area contributed by atoms with E-state index in [2.05, 4.69) is 17.4 Å². The van der Waals surface area contributed by atoms with Crippen molar-refractivity contribution >= 4 is 0 Å². The van der Waals surface area contributed by atoms with E-state index in [0.29, 0.717) is 5.92 Å². The van der Waals surface area contributed by atoms with Gasteiger partial charge in [-0.25, -0.2) is 0 Å². The van der Waals surface area contributed by atoms with Gasteiger partial charge in [0.05, 0.1) is 6.20 Å². The number of hydrogen-bond acceptors (Lipinski definition) is 3. The van der Waals surface area contributed by atoms with E-state index in [1.165, 1.54) is 37.7 Å². The number of nitrogens with zero attached hydrogens (tertiary/aromatic N) is 1. The highest BCUT2D eigenvalue weighted by Gasteiger charge is 2.23. The second-order valence-electron chi connectivity index (χ2n) is 4.37. The first-order valence-electron chi connectivity index (χ1n) is 6.06. The molecule has 1 aliphatic rings. The predicted molar refractivity (Wildman–Crippen MR) is 59.7 cm³/mol. The quantitative estimate of drug-likeness (QED) is 0.756. The van der Waals surface area contributed by atoms with Crippen LogP contribution in [0.3, 0.4) is 0 Å². The fourth-order valence-corrected chi connectivity index (χ4v) is 2.33. The highest BCUT2D eigenvalue weighted by atomic mass is 16.5. The first-order valence-corrected chi connectivity index (χ1v) is 6.06. The molecule has 1 heterocycles. The number of hydrogen-bond donors (Lipinski definition) is 1. The maximum absolute atomic E-state index is 5.39. The molecule has 0 atom stereocenters. The Morgan fingerprint density at radius 2 is 2.27 bits per heavy atom. The minimum atomic E-state index is 0.630. The number of aromatic nitrogens is 1. The zero-order valence-electron chi connectivity index (χ0n) is 9.46. The molecule has 0 bridgehead atoms. The Labute approximate surface area is 91.2 Å². The summed E-state index contributed by atoms with van der Waals surface area (Å²) in [5.74, 6) is 1.77. The fraction of sp³-hybridized carbons (Fsp3) is 0.750. The van der Waals surface area contributed by atoms with Crippen molar-refractivity contribution in [2.75, 3.05) is 6.54 Å². The molecule has 0 unspecified atom stereocenters. The van der Waals surface area contributed by atoms with Gasteiger partial charge in [-0.05, 0) is 25.8 Å². The zero-order chi connectivity index (χ0) is 10.5. The van der Waals surface area contributed by atoms with Gasteiger partial charge in [-0.1, -0.05) is 24.9 Å². The summed E-state index contributed by atoms with van der Waals surface area (Å²) in [6.45, 7) is 4.15. The molecule has 1 N–H and O–H groups in total. The second-order valence-corrected chi connectivity index (χ2v) is 4.37. The van der Waals surface area contributed by atoms with Crippen molar-refractivity contribution in [3.8, 4) is 0 Å². The Bertz CT molecular complexity index is 290. The van der Waals surface area contributed by atoms with Crippen LogP contribution in [0.25, 0.3) is 0 Å². The van der Waals surface area contributed by atoms with Gasteiger partial charge in [0.25, 0.3) is 0 Å². The van der Waals surface area contributed by atoms with Gasteiger partial charge >= 0.3 is 0 Å². The summed E-state index contributed by atoms with van der Waals surface area (Å²) in [7, 11) is 0. The molecule has 2 rings (SSSR count). The molecule has 1 aliphatic carbocycles. The van der Waals surface area contributed by atoms with Gasteiger partial charge < -0.3 is 9.84 Å². The first kappa shape index (κ1) is 10.7. The molecule has 15 heavy (non-hydrogen) atoms. The molecule has 1 aromatic rings. The summed E-state index contributed by atoms with van der Waals surface area (Å²) in [5.41, 5.74) is 1.26. The highest BCUT2D eigenvalue weighted by molar-refractivity contribution is 5.18. The molecule has 84 valence electrons. The Morgan fingerprint density at radius 3 is 3.00 bits per heavy atom. The smallest absolute Gasteiger partial charge is 0.144 e. The topological polar surface area (TPSA) is 38.1 Å². The first-order chi connectivity index (χ1) is 7.42. The summed E-state index contributed by atoms with van der Waals surface area (Å²) >= 11 is 0. The van der Waals surface area contributed by atoms with Crippen molar-refractivity contribution in [2.45, 2.75) is 51.5 Å². The van der Waals surface area contributed by atoms with Gasteiger partial charge in [0, 0.05) is 18.0 Å². The maximum Gasteiger partial charge on any atom is 0.144 e. The van der Waals surface area contributed by atoms with Crippen molar-refractivity contribution in [1.82, 2.24) is 10.5 Å². The SMILES string of the molecule is CCCNCc1cnoc1C1CCCC1. The largest absolute Gasteiger partial charge is 0.361 e. The third-order valence-corrected chi connectivity index (χ3v) is 3.14. The van der Waals surface area contributed by atoms with Crippen LogP contribution in [0, 0.1) is 0 Å². The van der Waals surface area contributed by atoms with Crippen LogP contribution in [0.15, 0.2) is 10.7 Å². The average molecular weight is 208 g/mol. The second kappa shape index (κ2) is 5.31. The Kier molecular flexibility index (Phi) is 3.78. The molecule has 0 spiro atoms. The third kappa shape index (κ3) is 2.59. The van der Waals surface area contributed by atoms with Crippen molar-refractivity contribution in [1.29, 1.82) is 0 Å². The van der Waals surface area contributed by atoms with Gasteiger partial charge in [0.1, 0.15) is 5.76 Å². The minimum Gasteiger partial charge on any atom is -0.361 e. The average Bonchev–Trinajstić information content (AvgIpc) is 2.87. The predicted octanol–water partition coefficient (Wildman–Crippen LogP) is 2.83. The third-order valence-electron chi connectivity index (χ3n) is 3.14. The minimum absolute atomic E-state index is 0.630. The molecule has 1 saturated carbocycles. The molecule has 0 saturated heterocycles. The van der Waals surface area contributed by atoms with Gasteiger partial charge in [0.2, 0.25) is 0 Å². The van der Waals surface area contributed by atoms with Gasteiger partial charge in [-0.3, -0.25) is 0 Å². The van der Waals surface area contributed by atoms with Gasteiger partial charge in [-0.15, -0.1) is 0 Å². The van der Waals surface area contributed by atoms with E-state index in [9.17, 15) is 0 Å². The Hall–Kier alpha value is -0.830. The van der Waals surface area contributed by atoms with Crippen LogP contribution >= 0.6 is 0 Å². The molecular formula is C12H20N2O. The van der Waals surface area contributed by atoms with Crippen LogP contribution in [0.1, 0.15) is 56.3 Å². The van der Waals surface area contributed by atoms with E-state index in [-0.39, 0.29) is 0 Å². The maximum atomic E-state index is 5.39. The Balaban J connectivity index is 1.95. The molecule has 1 aromatic heterocycles. The molecule has 3 nitrogen and oxygen atoms in total. The molecule has 0 aromatic carbocycles. The van der Waals surface area contributed by atoms with Crippen LogP contribution in [-0.4, -0.2) is 11.7 Å². The summed E-state index contributed by atoms with van der Waals surface area (Å²) in [6.07, 6.45) is 8.27. The van der Waals surface area contributed by atoms with E-state index >= 15 is 0 Å². The summed E-state index contributed by atoms with van der Waals surface area (Å²) in [6, 6.07) is 0. The molecule has 1 fully saturated rings. The standard InChI is InChI=1S/C12H20N2O/c1-2-7-13-8-11-9-14-15-12(11)10-5-3-4-6-10/h9-10,13H,2-8H2,1H3. The van der Waals surface area contributed by atoms with E-state index in [1.807, 2.05) is 6.20 Å². The van der Waals surface area contributed by atoms with Gasteiger partial charge in [0.15, 0.2) is 0 Å². The lowest BCUT2D eigenvalue weighted by atomic mass is 10.0. The molecule has 0 amide bonds. The number of rotatable bonds is 5. The monoisotopic (exact) mass is 208 g/mol. The van der Waals surface area contributed by atoms with E-state index in [1.54, 1.807) is 0 Å². The lowest BCUT2D eigenvalue weighted by Gasteiger charge is -2.07. The van der Waals surface area contributed by atoms with Crippen molar-refractivity contribution in [2.24, 2.45) is 0 Å².